The van der Waals surface area contributed by atoms with Crippen LogP contribution in [0.15, 0.2) is 24.4 Å². The molecule has 3 rings (SSSR count). The number of piperazine rings is 1. The predicted molar refractivity (Wildman–Crippen MR) is 103 cm³/mol. The van der Waals surface area contributed by atoms with E-state index in [2.05, 4.69) is 9.88 Å². The van der Waals surface area contributed by atoms with E-state index in [0.717, 1.165) is 22.2 Å². The number of nitrogens with zero attached hydrogens (tertiary/aromatic N) is 4. The Labute approximate surface area is 157 Å². The van der Waals surface area contributed by atoms with Gasteiger partial charge in [-0.05, 0) is 39.3 Å². The van der Waals surface area contributed by atoms with E-state index in [4.69, 9.17) is 4.74 Å². The van der Waals surface area contributed by atoms with Crippen molar-refractivity contribution < 1.29 is 14.5 Å². The minimum absolute atomic E-state index is 0.0449. The third kappa shape index (κ3) is 4.10. The number of carbonyl (C=O) groups is 1. The number of aryl methyl sites for hydroxylation is 1. The molecule has 2 heterocycles. The molecule has 0 spiro atoms. The number of amides is 1. The molecule has 0 N–H and O–H groups in total. The second kappa shape index (κ2) is 7.02. The predicted octanol–water partition coefficient (Wildman–Crippen LogP) is 3.51. The van der Waals surface area contributed by atoms with Gasteiger partial charge in [-0.1, -0.05) is 0 Å². The molecule has 1 aromatic carbocycles. The number of non-ortho nitro benzene ring substituents is 1. The number of anilines is 1. The first-order valence-electron chi connectivity index (χ1n) is 8.92. The lowest BCUT2D eigenvalue weighted by Gasteiger charge is -2.37. The molecule has 2 aromatic rings. The summed E-state index contributed by atoms with van der Waals surface area (Å²) in [5, 5.41) is 11.9. The molecule has 27 heavy (non-hydrogen) atoms. The number of aromatic nitrogens is 1. The average Bonchev–Trinajstić information content (AvgIpc) is 2.60. The average molecular weight is 372 g/mol. The number of nitro groups is 1. The molecule has 0 bridgehead atoms. The molecule has 1 saturated heterocycles. The first-order chi connectivity index (χ1) is 12.7. The number of hydrogen-bond acceptors (Lipinski definition) is 6. The molecule has 144 valence electrons. The maximum Gasteiger partial charge on any atom is 0.410 e. The summed E-state index contributed by atoms with van der Waals surface area (Å²) in [6, 6.07) is 4.72. The summed E-state index contributed by atoms with van der Waals surface area (Å²) in [6.45, 7) is 9.81. The van der Waals surface area contributed by atoms with Gasteiger partial charge in [-0.25, -0.2) is 4.79 Å². The van der Waals surface area contributed by atoms with Crippen molar-refractivity contribution in [3.63, 3.8) is 0 Å². The van der Waals surface area contributed by atoms with E-state index in [0.29, 0.717) is 26.2 Å². The summed E-state index contributed by atoms with van der Waals surface area (Å²) in [6.07, 6.45) is 1.47. The van der Waals surface area contributed by atoms with Gasteiger partial charge in [0.2, 0.25) is 0 Å². The van der Waals surface area contributed by atoms with Crippen molar-refractivity contribution in [1.29, 1.82) is 0 Å². The van der Waals surface area contributed by atoms with Gasteiger partial charge in [0.25, 0.3) is 5.69 Å². The molecule has 1 aliphatic heterocycles. The van der Waals surface area contributed by atoms with Gasteiger partial charge in [0.15, 0.2) is 0 Å². The molecular weight excluding hydrogens is 348 g/mol. The molecule has 0 unspecified atom stereocenters. The van der Waals surface area contributed by atoms with Crippen LogP contribution in [0.3, 0.4) is 0 Å². The van der Waals surface area contributed by atoms with Gasteiger partial charge in [0.05, 0.1) is 16.1 Å². The van der Waals surface area contributed by atoms with Crippen LogP contribution in [0, 0.1) is 17.0 Å². The Morgan fingerprint density at radius 3 is 2.48 bits per heavy atom. The summed E-state index contributed by atoms with van der Waals surface area (Å²) in [4.78, 5) is 31.3. The molecule has 0 radical (unpaired) electrons. The van der Waals surface area contributed by atoms with E-state index in [1.807, 2.05) is 27.7 Å². The van der Waals surface area contributed by atoms with Gasteiger partial charge in [-0.3, -0.25) is 15.1 Å². The summed E-state index contributed by atoms with van der Waals surface area (Å²) in [5.41, 5.74) is 2.13. The maximum absolute atomic E-state index is 12.3. The Kier molecular flexibility index (Phi) is 4.91. The number of fused-ring (bicyclic) bond motifs is 1. The number of benzene rings is 1. The number of ether oxygens (including phenoxy) is 1. The number of carbonyl (C=O) groups excluding carboxylic acids is 1. The van der Waals surface area contributed by atoms with Crippen LogP contribution in [0.5, 0.6) is 0 Å². The number of nitro benzene ring substituents is 1. The van der Waals surface area contributed by atoms with Crippen LogP contribution in [-0.4, -0.2) is 52.7 Å². The van der Waals surface area contributed by atoms with E-state index in [9.17, 15) is 14.9 Å². The Morgan fingerprint density at radius 1 is 1.22 bits per heavy atom. The minimum Gasteiger partial charge on any atom is -0.444 e. The normalized spacial score (nSPS) is 15.1. The van der Waals surface area contributed by atoms with Crippen molar-refractivity contribution >= 4 is 28.4 Å². The van der Waals surface area contributed by atoms with Crippen molar-refractivity contribution in [3.8, 4) is 0 Å². The number of pyridine rings is 1. The van der Waals surface area contributed by atoms with E-state index >= 15 is 0 Å². The maximum atomic E-state index is 12.3. The van der Waals surface area contributed by atoms with Gasteiger partial charge in [0, 0.05) is 49.9 Å². The Bertz CT molecular complexity index is 883. The first kappa shape index (κ1) is 18.9. The molecule has 8 nitrogen and oxygen atoms in total. The second-order valence-corrected chi connectivity index (χ2v) is 7.70. The van der Waals surface area contributed by atoms with Crippen molar-refractivity contribution in [1.82, 2.24) is 9.88 Å². The SMILES string of the molecule is Cc1cnc2ccc([N+](=O)[O-])cc2c1N1CCN(C(=O)OC(C)(C)C)CC1. The molecule has 1 aromatic heterocycles. The van der Waals surface area contributed by atoms with Crippen molar-refractivity contribution in [2.45, 2.75) is 33.3 Å². The van der Waals surface area contributed by atoms with Gasteiger partial charge in [0.1, 0.15) is 5.60 Å². The van der Waals surface area contributed by atoms with Crippen LogP contribution in [0.1, 0.15) is 26.3 Å². The van der Waals surface area contributed by atoms with Gasteiger partial charge < -0.3 is 14.5 Å². The van der Waals surface area contributed by atoms with Crippen molar-refractivity contribution in [2.24, 2.45) is 0 Å². The highest BCUT2D eigenvalue weighted by atomic mass is 16.6. The van der Waals surface area contributed by atoms with Crippen LogP contribution < -0.4 is 4.90 Å². The summed E-state index contributed by atoms with van der Waals surface area (Å²) < 4.78 is 5.44. The lowest BCUT2D eigenvalue weighted by atomic mass is 10.1. The zero-order chi connectivity index (χ0) is 19.8. The largest absolute Gasteiger partial charge is 0.444 e. The monoisotopic (exact) mass is 372 g/mol. The molecule has 0 saturated carbocycles. The summed E-state index contributed by atoms with van der Waals surface area (Å²) in [5.74, 6) is 0. The lowest BCUT2D eigenvalue weighted by Crippen LogP contribution is -2.50. The number of rotatable bonds is 2. The molecule has 1 aliphatic rings. The fourth-order valence-electron chi connectivity index (χ4n) is 3.24. The van der Waals surface area contributed by atoms with E-state index in [-0.39, 0.29) is 11.8 Å². The fourth-order valence-corrected chi connectivity index (χ4v) is 3.24. The third-order valence-corrected chi connectivity index (χ3v) is 4.46. The minimum atomic E-state index is -0.523. The molecule has 0 aliphatic carbocycles. The van der Waals surface area contributed by atoms with Gasteiger partial charge in [-0.2, -0.15) is 0 Å². The van der Waals surface area contributed by atoms with E-state index < -0.39 is 10.5 Å². The standard InChI is InChI=1S/C19H24N4O4/c1-13-12-20-16-6-5-14(23(25)26)11-15(16)17(13)21-7-9-22(10-8-21)18(24)27-19(2,3)4/h5-6,11-12H,7-10H2,1-4H3. The van der Waals surface area contributed by atoms with Gasteiger partial charge in [-0.15, -0.1) is 0 Å². The van der Waals surface area contributed by atoms with Gasteiger partial charge >= 0.3 is 6.09 Å². The summed E-state index contributed by atoms with van der Waals surface area (Å²) >= 11 is 0. The fraction of sp³-hybridized carbons (Fsp3) is 0.474. The highest BCUT2D eigenvalue weighted by molar-refractivity contribution is 5.94. The Morgan fingerprint density at radius 2 is 1.89 bits per heavy atom. The second-order valence-electron chi connectivity index (χ2n) is 7.70. The topological polar surface area (TPSA) is 88.8 Å². The smallest absolute Gasteiger partial charge is 0.410 e. The van der Waals surface area contributed by atoms with Crippen LogP contribution >= 0.6 is 0 Å². The quantitative estimate of drug-likeness (QED) is 0.592. The van der Waals surface area contributed by atoms with Crippen LogP contribution in [0.2, 0.25) is 0 Å². The molecule has 0 atom stereocenters. The Hall–Kier alpha value is -2.90. The van der Waals surface area contributed by atoms with Crippen LogP contribution in [-0.2, 0) is 4.74 Å². The summed E-state index contributed by atoms with van der Waals surface area (Å²) in [7, 11) is 0. The zero-order valence-electron chi connectivity index (χ0n) is 16.1. The van der Waals surface area contributed by atoms with Crippen molar-refractivity contribution in [2.75, 3.05) is 31.1 Å². The zero-order valence-corrected chi connectivity index (χ0v) is 16.1. The molecule has 1 amide bonds. The Balaban J connectivity index is 1.84. The highest BCUT2D eigenvalue weighted by Crippen LogP contribution is 2.32. The van der Waals surface area contributed by atoms with Crippen LogP contribution in [0.4, 0.5) is 16.2 Å². The third-order valence-electron chi connectivity index (χ3n) is 4.46. The lowest BCUT2D eigenvalue weighted by molar-refractivity contribution is -0.384. The van der Waals surface area contributed by atoms with E-state index in [1.165, 1.54) is 6.07 Å². The molecular formula is C19H24N4O4. The highest BCUT2D eigenvalue weighted by Gasteiger charge is 2.27. The molecule has 1 fully saturated rings. The van der Waals surface area contributed by atoms with Crippen molar-refractivity contribution in [3.05, 3.63) is 40.1 Å². The first-order valence-corrected chi connectivity index (χ1v) is 8.92. The number of hydrogen-bond donors (Lipinski definition) is 0. The van der Waals surface area contributed by atoms with Crippen LogP contribution in [0.25, 0.3) is 10.9 Å². The van der Waals surface area contributed by atoms with E-state index in [1.54, 1.807) is 23.2 Å². The molecule has 8 heteroatoms.